The number of nitrogens with zero attached hydrogens (tertiary/aromatic N) is 3. The fourth-order valence-corrected chi connectivity index (χ4v) is 3.52. The fourth-order valence-electron chi connectivity index (χ4n) is 3.52. The zero-order valence-corrected chi connectivity index (χ0v) is 13.9. The van der Waals surface area contributed by atoms with E-state index < -0.39 is 0 Å². The second-order valence-electron chi connectivity index (χ2n) is 6.41. The third kappa shape index (κ3) is 3.21. The summed E-state index contributed by atoms with van der Waals surface area (Å²) in [7, 11) is 0. The fraction of sp³-hybridized carbons (Fsp3) is 0.263. The number of fused-ring (bicyclic) bond motifs is 1. The van der Waals surface area contributed by atoms with Crippen molar-refractivity contribution < 1.29 is 4.92 Å². The maximum atomic E-state index is 10.9. The predicted octanol–water partition coefficient (Wildman–Crippen LogP) is 3.40. The number of nitrogens with one attached hydrogen (secondary N) is 1. The lowest BCUT2D eigenvalue weighted by Crippen LogP contribution is -2.46. The number of nitro benzene ring substituents is 1. The van der Waals surface area contributed by atoms with Crippen LogP contribution >= 0.6 is 0 Å². The van der Waals surface area contributed by atoms with E-state index >= 15 is 0 Å². The van der Waals surface area contributed by atoms with E-state index in [1.165, 1.54) is 11.1 Å². The van der Waals surface area contributed by atoms with Crippen molar-refractivity contribution in [3.8, 4) is 0 Å². The highest BCUT2D eigenvalue weighted by molar-refractivity contribution is 5.92. The Morgan fingerprint density at radius 3 is 2.64 bits per heavy atom. The molecule has 0 atom stereocenters. The van der Waals surface area contributed by atoms with Gasteiger partial charge in [-0.3, -0.25) is 15.0 Å². The molecule has 6 nitrogen and oxygen atoms in total. The normalized spacial score (nSPS) is 15.6. The van der Waals surface area contributed by atoms with Crippen LogP contribution in [0, 0.1) is 10.1 Å². The maximum absolute atomic E-state index is 10.9. The first-order valence-electron chi connectivity index (χ1n) is 8.47. The van der Waals surface area contributed by atoms with Gasteiger partial charge in [-0.15, -0.1) is 0 Å². The highest BCUT2D eigenvalue weighted by atomic mass is 16.6. The Hall–Kier alpha value is -2.86. The molecular formula is C19H20N4O2. The lowest BCUT2D eigenvalue weighted by atomic mass is 10.1. The zero-order chi connectivity index (χ0) is 17.2. The molecule has 25 heavy (non-hydrogen) atoms. The van der Waals surface area contributed by atoms with Crippen LogP contribution in [0.5, 0.6) is 0 Å². The largest absolute Gasteiger partial charge is 0.368 e. The Morgan fingerprint density at radius 2 is 1.84 bits per heavy atom. The van der Waals surface area contributed by atoms with Gasteiger partial charge in [0.05, 0.1) is 4.92 Å². The molecule has 1 saturated heterocycles. The maximum Gasteiger partial charge on any atom is 0.269 e. The molecule has 0 unspecified atom stereocenters. The number of rotatable bonds is 4. The van der Waals surface area contributed by atoms with Crippen molar-refractivity contribution in [1.82, 2.24) is 9.88 Å². The van der Waals surface area contributed by atoms with Crippen molar-refractivity contribution in [3.63, 3.8) is 0 Å². The molecule has 1 fully saturated rings. The first-order valence-corrected chi connectivity index (χ1v) is 8.47. The molecule has 1 aliphatic heterocycles. The Bertz CT molecular complexity index is 897. The van der Waals surface area contributed by atoms with Crippen LogP contribution in [0.1, 0.15) is 5.56 Å². The van der Waals surface area contributed by atoms with E-state index in [4.69, 9.17) is 0 Å². The number of hydrogen-bond acceptors (Lipinski definition) is 4. The first kappa shape index (κ1) is 15.7. The average molecular weight is 336 g/mol. The van der Waals surface area contributed by atoms with E-state index in [-0.39, 0.29) is 10.6 Å². The van der Waals surface area contributed by atoms with E-state index in [2.05, 4.69) is 39.0 Å². The third-order valence-corrected chi connectivity index (χ3v) is 4.81. The molecule has 3 aromatic rings. The Kier molecular flexibility index (Phi) is 4.11. The molecule has 1 aromatic heterocycles. The number of nitro groups is 1. The number of aromatic amines is 1. The van der Waals surface area contributed by atoms with E-state index in [0.717, 1.165) is 43.8 Å². The smallest absolute Gasteiger partial charge is 0.269 e. The van der Waals surface area contributed by atoms with Gasteiger partial charge in [-0.25, -0.2) is 0 Å². The van der Waals surface area contributed by atoms with E-state index in [0.29, 0.717) is 0 Å². The predicted molar refractivity (Wildman–Crippen MR) is 98.9 cm³/mol. The van der Waals surface area contributed by atoms with E-state index in [1.807, 2.05) is 12.3 Å². The minimum atomic E-state index is -0.334. The topological polar surface area (TPSA) is 65.4 Å². The molecule has 0 radical (unpaired) electrons. The van der Waals surface area contributed by atoms with Crippen LogP contribution in [0.2, 0.25) is 0 Å². The highest BCUT2D eigenvalue weighted by Gasteiger charge is 2.19. The Morgan fingerprint density at radius 1 is 1.04 bits per heavy atom. The van der Waals surface area contributed by atoms with Gasteiger partial charge in [0, 0.05) is 67.6 Å². The number of benzene rings is 2. The number of non-ortho nitro benzene ring substituents is 1. The summed E-state index contributed by atoms with van der Waals surface area (Å²) in [5, 5.41) is 12.2. The average Bonchev–Trinajstić information content (AvgIpc) is 3.11. The van der Waals surface area contributed by atoms with Gasteiger partial charge in [0.2, 0.25) is 0 Å². The van der Waals surface area contributed by atoms with Crippen LogP contribution in [0.4, 0.5) is 11.4 Å². The summed E-state index contributed by atoms with van der Waals surface area (Å²) in [6, 6.07) is 15.4. The standard InChI is InChI=1S/C19H20N4O2/c24-23(25)16-4-1-3-15(13-16)14-21-9-11-22(12-10-21)19-6-2-5-18-17(19)7-8-20-18/h1-8,13,20H,9-12,14H2. The third-order valence-electron chi connectivity index (χ3n) is 4.81. The van der Waals surface area contributed by atoms with Crippen molar-refractivity contribution in [3.05, 3.63) is 70.4 Å². The highest BCUT2D eigenvalue weighted by Crippen LogP contribution is 2.27. The van der Waals surface area contributed by atoms with Gasteiger partial charge in [0.1, 0.15) is 0 Å². The molecule has 128 valence electrons. The second kappa shape index (κ2) is 6.57. The van der Waals surface area contributed by atoms with Crippen LogP contribution in [0.3, 0.4) is 0 Å². The zero-order valence-electron chi connectivity index (χ0n) is 13.9. The lowest BCUT2D eigenvalue weighted by molar-refractivity contribution is -0.384. The van der Waals surface area contributed by atoms with Crippen molar-refractivity contribution >= 4 is 22.3 Å². The SMILES string of the molecule is O=[N+]([O-])c1cccc(CN2CCN(c3cccc4[nH]ccc34)CC2)c1. The van der Waals surface area contributed by atoms with Crippen molar-refractivity contribution in [1.29, 1.82) is 0 Å². The van der Waals surface area contributed by atoms with Gasteiger partial charge in [0.15, 0.2) is 0 Å². The number of aromatic nitrogens is 1. The van der Waals surface area contributed by atoms with Crippen LogP contribution < -0.4 is 4.90 Å². The van der Waals surface area contributed by atoms with Crippen LogP contribution in [0.15, 0.2) is 54.7 Å². The Labute approximate surface area is 145 Å². The molecule has 6 heteroatoms. The van der Waals surface area contributed by atoms with Gasteiger partial charge in [-0.05, 0) is 23.8 Å². The summed E-state index contributed by atoms with van der Waals surface area (Å²) in [6.45, 7) is 4.56. The molecule has 4 rings (SSSR count). The molecule has 2 heterocycles. The molecule has 1 N–H and O–H groups in total. The number of H-pyrrole nitrogens is 1. The summed E-state index contributed by atoms with van der Waals surface area (Å²) in [5.41, 5.74) is 3.59. The van der Waals surface area contributed by atoms with Gasteiger partial charge in [-0.1, -0.05) is 18.2 Å². The molecule has 0 spiro atoms. The lowest BCUT2D eigenvalue weighted by Gasteiger charge is -2.36. The van der Waals surface area contributed by atoms with Crippen LogP contribution in [0.25, 0.3) is 10.9 Å². The van der Waals surface area contributed by atoms with Gasteiger partial charge in [0.25, 0.3) is 5.69 Å². The number of anilines is 1. The Balaban J connectivity index is 1.42. The van der Waals surface area contributed by atoms with Crippen LogP contribution in [-0.4, -0.2) is 41.0 Å². The first-order chi connectivity index (χ1) is 12.2. The summed E-state index contributed by atoms with van der Waals surface area (Å²) in [5.74, 6) is 0. The van der Waals surface area contributed by atoms with Crippen molar-refractivity contribution in [2.75, 3.05) is 31.1 Å². The summed E-state index contributed by atoms with van der Waals surface area (Å²) >= 11 is 0. The second-order valence-corrected chi connectivity index (χ2v) is 6.41. The number of hydrogen-bond donors (Lipinski definition) is 1. The van der Waals surface area contributed by atoms with E-state index in [9.17, 15) is 10.1 Å². The van der Waals surface area contributed by atoms with E-state index in [1.54, 1.807) is 18.2 Å². The van der Waals surface area contributed by atoms with Gasteiger partial charge >= 0.3 is 0 Å². The quantitative estimate of drug-likeness (QED) is 0.586. The molecule has 2 aromatic carbocycles. The van der Waals surface area contributed by atoms with Crippen LogP contribution in [-0.2, 0) is 6.54 Å². The monoisotopic (exact) mass is 336 g/mol. The number of piperazine rings is 1. The summed E-state index contributed by atoms with van der Waals surface area (Å²) in [6.07, 6.45) is 1.98. The minimum Gasteiger partial charge on any atom is -0.368 e. The molecule has 0 aliphatic carbocycles. The molecule has 0 amide bonds. The summed E-state index contributed by atoms with van der Waals surface area (Å²) in [4.78, 5) is 18.6. The molecule has 1 aliphatic rings. The molecule has 0 bridgehead atoms. The van der Waals surface area contributed by atoms with Gasteiger partial charge in [-0.2, -0.15) is 0 Å². The molecular weight excluding hydrogens is 316 g/mol. The minimum absolute atomic E-state index is 0.162. The van der Waals surface area contributed by atoms with Crippen molar-refractivity contribution in [2.24, 2.45) is 0 Å². The summed E-state index contributed by atoms with van der Waals surface area (Å²) < 4.78 is 0. The van der Waals surface area contributed by atoms with Crippen molar-refractivity contribution in [2.45, 2.75) is 6.54 Å². The molecule has 0 saturated carbocycles. The van der Waals surface area contributed by atoms with Gasteiger partial charge < -0.3 is 9.88 Å².